The van der Waals surface area contributed by atoms with Gasteiger partial charge in [0, 0.05) is 7.11 Å². The summed E-state index contributed by atoms with van der Waals surface area (Å²) in [5.74, 6) is 1.91. The number of hydrogen-bond acceptors (Lipinski definition) is 5. The lowest BCUT2D eigenvalue weighted by Gasteiger charge is -2.09. The summed E-state index contributed by atoms with van der Waals surface area (Å²) in [6, 6.07) is 0.105. The van der Waals surface area contributed by atoms with Gasteiger partial charge in [-0.1, -0.05) is 12.1 Å². The van der Waals surface area contributed by atoms with Gasteiger partial charge in [0.25, 0.3) is 0 Å². The number of ether oxygens (including phenoxy) is 1. The topological polar surface area (TPSA) is 60.2 Å². The fourth-order valence-electron chi connectivity index (χ4n) is 1.89. The van der Waals surface area contributed by atoms with E-state index in [9.17, 15) is 0 Å². The summed E-state index contributed by atoms with van der Waals surface area (Å²) in [7, 11) is 1.71. The molecular formula is C12H21N3O2. The first-order valence-corrected chi connectivity index (χ1v) is 6.36. The van der Waals surface area contributed by atoms with Crippen LogP contribution >= 0.6 is 0 Å². The zero-order valence-corrected chi connectivity index (χ0v) is 10.8. The van der Waals surface area contributed by atoms with E-state index < -0.39 is 0 Å². The lowest BCUT2D eigenvalue weighted by molar-refractivity contribution is 0.0751. The molecular weight excluding hydrogens is 218 g/mol. The van der Waals surface area contributed by atoms with Crippen molar-refractivity contribution in [3.8, 4) is 0 Å². The molecule has 5 heteroatoms. The molecule has 1 N–H and O–H groups in total. The van der Waals surface area contributed by atoms with Crippen LogP contribution in [-0.4, -0.2) is 23.8 Å². The Balaban J connectivity index is 1.98. The van der Waals surface area contributed by atoms with Crippen molar-refractivity contribution in [2.75, 3.05) is 13.7 Å². The van der Waals surface area contributed by atoms with E-state index in [0.717, 1.165) is 13.0 Å². The molecule has 0 saturated heterocycles. The number of aromatic nitrogens is 2. The second kappa shape index (κ2) is 5.60. The fourth-order valence-corrected chi connectivity index (χ4v) is 1.89. The van der Waals surface area contributed by atoms with E-state index in [2.05, 4.69) is 22.4 Å². The molecule has 1 fully saturated rings. The minimum absolute atomic E-state index is 0.00544. The molecule has 1 aromatic rings. The zero-order chi connectivity index (χ0) is 12.3. The second-order valence-corrected chi connectivity index (χ2v) is 4.66. The van der Waals surface area contributed by atoms with E-state index in [-0.39, 0.29) is 12.1 Å². The van der Waals surface area contributed by atoms with Gasteiger partial charge in [-0.2, -0.15) is 4.98 Å². The van der Waals surface area contributed by atoms with Crippen LogP contribution < -0.4 is 5.32 Å². The molecule has 0 aliphatic heterocycles. The van der Waals surface area contributed by atoms with E-state index in [1.807, 2.05) is 6.92 Å². The molecule has 1 aromatic heterocycles. The van der Waals surface area contributed by atoms with Crippen molar-refractivity contribution >= 4 is 0 Å². The van der Waals surface area contributed by atoms with Crippen molar-refractivity contribution in [3.05, 3.63) is 11.7 Å². The highest BCUT2D eigenvalue weighted by Crippen LogP contribution is 2.42. The van der Waals surface area contributed by atoms with Crippen molar-refractivity contribution in [1.82, 2.24) is 15.5 Å². The molecule has 1 saturated carbocycles. The first-order valence-electron chi connectivity index (χ1n) is 6.36. The summed E-state index contributed by atoms with van der Waals surface area (Å²) in [6.45, 7) is 5.12. The molecule has 2 atom stereocenters. The highest BCUT2D eigenvalue weighted by atomic mass is 16.5. The summed E-state index contributed by atoms with van der Waals surface area (Å²) < 4.78 is 10.7. The Bertz CT molecular complexity index is 349. The van der Waals surface area contributed by atoms with Crippen LogP contribution in [0.1, 0.15) is 57.0 Å². The van der Waals surface area contributed by atoms with Crippen LogP contribution in [0.3, 0.4) is 0 Å². The van der Waals surface area contributed by atoms with E-state index in [1.54, 1.807) is 7.11 Å². The first kappa shape index (κ1) is 12.5. The Morgan fingerprint density at radius 3 is 2.88 bits per heavy atom. The fraction of sp³-hybridized carbons (Fsp3) is 0.833. The van der Waals surface area contributed by atoms with Gasteiger partial charge >= 0.3 is 0 Å². The SMILES string of the molecule is CCCNC(C)c1nc(C(OC)C2CC2)no1. The third kappa shape index (κ3) is 3.04. The van der Waals surface area contributed by atoms with E-state index in [0.29, 0.717) is 17.6 Å². The Morgan fingerprint density at radius 2 is 2.29 bits per heavy atom. The van der Waals surface area contributed by atoms with Crippen molar-refractivity contribution in [3.63, 3.8) is 0 Å². The molecule has 0 amide bonds. The van der Waals surface area contributed by atoms with E-state index >= 15 is 0 Å². The molecule has 0 aromatic carbocycles. The Morgan fingerprint density at radius 1 is 1.53 bits per heavy atom. The molecule has 5 nitrogen and oxygen atoms in total. The van der Waals surface area contributed by atoms with Gasteiger partial charge in [-0.25, -0.2) is 0 Å². The summed E-state index contributed by atoms with van der Waals surface area (Å²) in [5.41, 5.74) is 0. The number of methoxy groups -OCH3 is 1. The lowest BCUT2D eigenvalue weighted by Crippen LogP contribution is -2.19. The third-order valence-corrected chi connectivity index (χ3v) is 3.09. The van der Waals surface area contributed by atoms with Gasteiger partial charge < -0.3 is 14.6 Å². The molecule has 0 radical (unpaired) electrons. The van der Waals surface area contributed by atoms with Gasteiger partial charge in [0.15, 0.2) is 0 Å². The number of hydrogen-bond donors (Lipinski definition) is 1. The van der Waals surface area contributed by atoms with Crippen LogP contribution in [0.2, 0.25) is 0 Å². The summed E-state index contributed by atoms with van der Waals surface area (Å²) in [5, 5.41) is 7.35. The molecule has 2 unspecified atom stereocenters. The Labute approximate surface area is 102 Å². The van der Waals surface area contributed by atoms with Crippen LogP contribution in [0, 0.1) is 5.92 Å². The molecule has 17 heavy (non-hydrogen) atoms. The highest BCUT2D eigenvalue weighted by Gasteiger charge is 2.35. The highest BCUT2D eigenvalue weighted by molar-refractivity contribution is 5.00. The molecule has 1 heterocycles. The van der Waals surface area contributed by atoms with E-state index in [1.165, 1.54) is 12.8 Å². The number of rotatable bonds is 7. The largest absolute Gasteiger partial charge is 0.373 e. The summed E-state index contributed by atoms with van der Waals surface area (Å²) >= 11 is 0. The van der Waals surface area contributed by atoms with Crippen LogP contribution in [0.5, 0.6) is 0 Å². The predicted molar refractivity (Wildman–Crippen MR) is 63.5 cm³/mol. The van der Waals surface area contributed by atoms with Gasteiger partial charge in [-0.05, 0) is 38.6 Å². The van der Waals surface area contributed by atoms with E-state index in [4.69, 9.17) is 9.26 Å². The monoisotopic (exact) mass is 239 g/mol. The quantitative estimate of drug-likeness (QED) is 0.790. The minimum atomic E-state index is 0.00544. The Hall–Kier alpha value is -0.940. The maximum absolute atomic E-state index is 5.43. The predicted octanol–water partition coefficient (Wildman–Crippen LogP) is 2.23. The average molecular weight is 239 g/mol. The maximum Gasteiger partial charge on any atom is 0.243 e. The zero-order valence-electron chi connectivity index (χ0n) is 10.8. The van der Waals surface area contributed by atoms with Crippen molar-refractivity contribution in [2.45, 2.75) is 45.3 Å². The molecule has 1 aliphatic rings. The molecule has 2 rings (SSSR count). The van der Waals surface area contributed by atoms with Crippen molar-refractivity contribution < 1.29 is 9.26 Å². The van der Waals surface area contributed by atoms with Crippen LogP contribution in [0.4, 0.5) is 0 Å². The van der Waals surface area contributed by atoms with Crippen LogP contribution in [0.15, 0.2) is 4.52 Å². The maximum atomic E-state index is 5.43. The van der Waals surface area contributed by atoms with Gasteiger partial charge in [0.2, 0.25) is 11.7 Å². The molecule has 0 bridgehead atoms. The number of nitrogens with one attached hydrogen (secondary N) is 1. The molecule has 96 valence electrons. The van der Waals surface area contributed by atoms with Crippen molar-refractivity contribution in [2.24, 2.45) is 5.92 Å². The van der Waals surface area contributed by atoms with Gasteiger partial charge in [0.05, 0.1) is 6.04 Å². The van der Waals surface area contributed by atoms with Crippen molar-refractivity contribution in [1.29, 1.82) is 0 Å². The lowest BCUT2D eigenvalue weighted by atomic mass is 10.2. The van der Waals surface area contributed by atoms with Crippen LogP contribution in [-0.2, 0) is 4.74 Å². The second-order valence-electron chi connectivity index (χ2n) is 4.66. The van der Waals surface area contributed by atoms with Gasteiger partial charge in [-0.3, -0.25) is 0 Å². The minimum Gasteiger partial charge on any atom is -0.373 e. The summed E-state index contributed by atoms with van der Waals surface area (Å²) in [6.07, 6.45) is 3.50. The smallest absolute Gasteiger partial charge is 0.243 e. The van der Waals surface area contributed by atoms with Gasteiger partial charge in [-0.15, -0.1) is 0 Å². The molecule has 1 aliphatic carbocycles. The Kier molecular flexibility index (Phi) is 4.12. The standard InChI is InChI=1S/C12H21N3O2/c1-4-7-13-8(2)12-14-11(15-17-12)10(16-3)9-5-6-9/h8-10,13H,4-7H2,1-3H3. The normalized spacial score (nSPS) is 19.2. The molecule has 0 spiro atoms. The van der Waals surface area contributed by atoms with Gasteiger partial charge in [0.1, 0.15) is 6.10 Å². The number of nitrogens with zero attached hydrogens (tertiary/aromatic N) is 2. The average Bonchev–Trinajstić information content (AvgIpc) is 3.04. The first-order chi connectivity index (χ1) is 8.26. The summed E-state index contributed by atoms with van der Waals surface area (Å²) in [4.78, 5) is 4.43. The van der Waals surface area contributed by atoms with Crippen LogP contribution in [0.25, 0.3) is 0 Å². The third-order valence-electron chi connectivity index (χ3n) is 3.09.